The van der Waals surface area contributed by atoms with Gasteiger partial charge in [-0.3, -0.25) is 0 Å². The zero-order chi connectivity index (χ0) is 11.1. The van der Waals surface area contributed by atoms with Crippen LogP contribution in [0.1, 0.15) is 53.9 Å². The minimum absolute atomic E-state index is 0. The maximum absolute atomic E-state index is 5.98. The molecule has 0 aliphatic carbocycles. The quantitative estimate of drug-likeness (QED) is 0.685. The Balaban J connectivity index is 0. The molecule has 0 fully saturated rings. The molecule has 2 heteroatoms. The van der Waals surface area contributed by atoms with Crippen molar-refractivity contribution >= 4 is 12.4 Å². The van der Waals surface area contributed by atoms with Crippen molar-refractivity contribution in [2.75, 3.05) is 0 Å². The second-order valence-corrected chi connectivity index (χ2v) is 4.94. The number of halogens is 1. The average Bonchev–Trinajstić information content (AvgIpc) is 2.10. The number of rotatable bonds is 6. The van der Waals surface area contributed by atoms with Gasteiger partial charge in [0.25, 0.3) is 0 Å². The summed E-state index contributed by atoms with van der Waals surface area (Å²) in [5.41, 5.74) is 7.51. The lowest BCUT2D eigenvalue weighted by atomic mass is 9.93. The highest BCUT2D eigenvalue weighted by molar-refractivity contribution is 5.85. The van der Waals surface area contributed by atoms with Gasteiger partial charge in [-0.25, -0.2) is 0 Å². The van der Waals surface area contributed by atoms with Crippen LogP contribution in [0.25, 0.3) is 0 Å². The monoisotopic (exact) mass is 233 g/mol. The van der Waals surface area contributed by atoms with E-state index in [0.29, 0.717) is 12.0 Å². The third kappa shape index (κ3) is 8.95. The molecule has 0 aliphatic heterocycles. The molecule has 15 heavy (non-hydrogen) atoms. The minimum atomic E-state index is 0. The SMILES string of the molecule is CCC(N)C/C(=C/CC(C)C)C(C)C.Cl. The van der Waals surface area contributed by atoms with Crippen molar-refractivity contribution < 1.29 is 0 Å². The Labute approximate surface area is 102 Å². The third-order valence-corrected chi connectivity index (χ3v) is 2.62. The molecule has 0 aromatic rings. The molecule has 0 spiro atoms. The van der Waals surface area contributed by atoms with Crippen molar-refractivity contribution in [3.05, 3.63) is 11.6 Å². The van der Waals surface area contributed by atoms with Crippen LogP contribution in [0.15, 0.2) is 11.6 Å². The second kappa shape index (κ2) is 9.23. The van der Waals surface area contributed by atoms with Gasteiger partial charge in [0.1, 0.15) is 0 Å². The molecule has 0 amide bonds. The minimum Gasteiger partial charge on any atom is -0.327 e. The molecule has 0 saturated carbocycles. The van der Waals surface area contributed by atoms with Gasteiger partial charge in [0.2, 0.25) is 0 Å². The van der Waals surface area contributed by atoms with Crippen LogP contribution in [0, 0.1) is 11.8 Å². The van der Waals surface area contributed by atoms with E-state index in [-0.39, 0.29) is 12.4 Å². The number of allylic oxidation sites excluding steroid dienone is 1. The van der Waals surface area contributed by atoms with Gasteiger partial charge in [-0.05, 0) is 31.1 Å². The van der Waals surface area contributed by atoms with Crippen LogP contribution in [-0.4, -0.2) is 6.04 Å². The first-order chi connectivity index (χ1) is 6.47. The maximum atomic E-state index is 5.98. The molecular formula is C13H28ClN. The standard InChI is InChI=1S/C13H27N.ClH/c1-6-13(14)9-12(11(4)5)8-7-10(2)3;/h8,10-11,13H,6-7,9,14H2,1-5H3;1H/b12-8-;. The first-order valence-corrected chi connectivity index (χ1v) is 5.91. The highest BCUT2D eigenvalue weighted by Gasteiger charge is 2.07. The number of hydrogen-bond acceptors (Lipinski definition) is 1. The number of nitrogens with two attached hydrogens (primary N) is 1. The summed E-state index contributed by atoms with van der Waals surface area (Å²) in [5, 5.41) is 0. The van der Waals surface area contributed by atoms with Crippen molar-refractivity contribution in [1.82, 2.24) is 0 Å². The lowest BCUT2D eigenvalue weighted by molar-refractivity contribution is 0.582. The molecule has 0 aromatic heterocycles. The van der Waals surface area contributed by atoms with Crippen molar-refractivity contribution in [1.29, 1.82) is 0 Å². The third-order valence-electron chi connectivity index (χ3n) is 2.62. The van der Waals surface area contributed by atoms with Crippen LogP contribution in [0.4, 0.5) is 0 Å². The highest BCUT2D eigenvalue weighted by Crippen LogP contribution is 2.18. The number of hydrogen-bond donors (Lipinski definition) is 1. The highest BCUT2D eigenvalue weighted by atomic mass is 35.5. The van der Waals surface area contributed by atoms with Gasteiger partial charge in [-0.2, -0.15) is 0 Å². The summed E-state index contributed by atoms with van der Waals surface area (Å²) in [6.45, 7) is 11.2. The van der Waals surface area contributed by atoms with Gasteiger partial charge in [0.05, 0.1) is 0 Å². The van der Waals surface area contributed by atoms with Gasteiger partial charge in [0, 0.05) is 6.04 Å². The Morgan fingerprint density at radius 3 is 2.07 bits per heavy atom. The van der Waals surface area contributed by atoms with Crippen molar-refractivity contribution in [2.45, 2.75) is 59.9 Å². The summed E-state index contributed by atoms with van der Waals surface area (Å²) < 4.78 is 0. The summed E-state index contributed by atoms with van der Waals surface area (Å²) in [6, 6.07) is 0.343. The first-order valence-electron chi connectivity index (χ1n) is 5.91. The largest absolute Gasteiger partial charge is 0.327 e. The predicted molar refractivity (Wildman–Crippen MR) is 72.5 cm³/mol. The summed E-state index contributed by atoms with van der Waals surface area (Å²) in [6.07, 6.45) is 5.72. The van der Waals surface area contributed by atoms with Crippen LogP contribution < -0.4 is 5.73 Å². The maximum Gasteiger partial charge on any atom is 0.00735 e. The Hall–Kier alpha value is -0.0100. The van der Waals surface area contributed by atoms with E-state index in [9.17, 15) is 0 Å². The lowest BCUT2D eigenvalue weighted by Crippen LogP contribution is -2.20. The van der Waals surface area contributed by atoms with Crippen LogP contribution in [0.2, 0.25) is 0 Å². The van der Waals surface area contributed by atoms with Gasteiger partial charge >= 0.3 is 0 Å². The van der Waals surface area contributed by atoms with E-state index in [1.165, 1.54) is 12.0 Å². The van der Waals surface area contributed by atoms with Crippen molar-refractivity contribution in [3.8, 4) is 0 Å². The fourth-order valence-corrected chi connectivity index (χ4v) is 1.39. The Morgan fingerprint density at radius 2 is 1.73 bits per heavy atom. The fraction of sp³-hybridized carbons (Fsp3) is 0.846. The summed E-state index contributed by atoms with van der Waals surface area (Å²) in [4.78, 5) is 0. The smallest absolute Gasteiger partial charge is 0.00735 e. The van der Waals surface area contributed by atoms with Crippen LogP contribution >= 0.6 is 12.4 Å². The average molecular weight is 234 g/mol. The summed E-state index contributed by atoms with van der Waals surface area (Å²) in [5.74, 6) is 1.40. The van der Waals surface area contributed by atoms with Crippen LogP contribution in [-0.2, 0) is 0 Å². The Morgan fingerprint density at radius 1 is 1.20 bits per heavy atom. The van der Waals surface area contributed by atoms with E-state index < -0.39 is 0 Å². The summed E-state index contributed by atoms with van der Waals surface area (Å²) in [7, 11) is 0. The Bertz CT molecular complexity index is 173. The van der Waals surface area contributed by atoms with E-state index >= 15 is 0 Å². The molecule has 1 nitrogen and oxygen atoms in total. The first kappa shape index (κ1) is 17.4. The van der Waals surface area contributed by atoms with Gasteiger partial charge in [-0.1, -0.05) is 46.3 Å². The van der Waals surface area contributed by atoms with E-state index in [0.717, 1.165) is 18.8 Å². The molecule has 92 valence electrons. The van der Waals surface area contributed by atoms with Crippen LogP contribution in [0.5, 0.6) is 0 Å². The second-order valence-electron chi connectivity index (χ2n) is 4.94. The molecule has 0 saturated heterocycles. The predicted octanol–water partition coefficient (Wildman–Crippen LogP) is 4.16. The zero-order valence-electron chi connectivity index (χ0n) is 10.9. The van der Waals surface area contributed by atoms with E-state index in [1.54, 1.807) is 0 Å². The molecule has 0 bridgehead atoms. The van der Waals surface area contributed by atoms with E-state index in [2.05, 4.69) is 40.7 Å². The molecule has 2 N–H and O–H groups in total. The molecule has 0 rings (SSSR count). The van der Waals surface area contributed by atoms with Gasteiger partial charge in [0.15, 0.2) is 0 Å². The molecule has 0 aliphatic rings. The molecule has 1 unspecified atom stereocenters. The molecule has 0 radical (unpaired) electrons. The Kier molecular flexibility index (Phi) is 10.7. The van der Waals surface area contributed by atoms with Crippen molar-refractivity contribution in [3.63, 3.8) is 0 Å². The fourth-order valence-electron chi connectivity index (χ4n) is 1.39. The lowest BCUT2D eigenvalue weighted by Gasteiger charge is -2.16. The molecule has 0 aromatic carbocycles. The van der Waals surface area contributed by atoms with Gasteiger partial charge in [-0.15, -0.1) is 12.4 Å². The molecule has 1 atom stereocenters. The molecule has 0 heterocycles. The summed E-state index contributed by atoms with van der Waals surface area (Å²) >= 11 is 0. The van der Waals surface area contributed by atoms with Gasteiger partial charge < -0.3 is 5.73 Å². The van der Waals surface area contributed by atoms with E-state index in [4.69, 9.17) is 5.73 Å². The normalized spacial score (nSPS) is 14.3. The zero-order valence-corrected chi connectivity index (χ0v) is 11.7. The van der Waals surface area contributed by atoms with E-state index in [1.807, 2.05) is 0 Å². The molecular weight excluding hydrogens is 206 g/mol. The van der Waals surface area contributed by atoms with Crippen molar-refractivity contribution in [2.24, 2.45) is 17.6 Å². The topological polar surface area (TPSA) is 26.0 Å². The van der Waals surface area contributed by atoms with Crippen LogP contribution in [0.3, 0.4) is 0 Å².